The summed E-state index contributed by atoms with van der Waals surface area (Å²) in [6.45, 7) is 0. The molecule has 2 rings (SSSR count). The van der Waals surface area contributed by atoms with Gasteiger partial charge in [-0.3, -0.25) is 0 Å². The molecule has 0 aliphatic carbocycles. The minimum atomic E-state index is 0.570. The third-order valence-electron chi connectivity index (χ3n) is 1.73. The molecule has 0 radical (unpaired) electrons. The van der Waals surface area contributed by atoms with Crippen molar-refractivity contribution >= 4 is 29.6 Å². The molecule has 0 unspecified atom stereocenters. The van der Waals surface area contributed by atoms with Crippen molar-refractivity contribution in [3.63, 3.8) is 0 Å². The first kappa shape index (κ1) is 8.97. The van der Waals surface area contributed by atoms with Crippen LogP contribution in [-0.4, -0.2) is 4.58 Å². The van der Waals surface area contributed by atoms with E-state index in [1.807, 2.05) is 29.6 Å². The van der Waals surface area contributed by atoms with Gasteiger partial charge in [-0.25, -0.2) is 0 Å². The molecule has 0 saturated carbocycles. The van der Waals surface area contributed by atoms with Crippen molar-refractivity contribution < 1.29 is 0 Å². The van der Waals surface area contributed by atoms with E-state index in [0.29, 0.717) is 4.58 Å². The SMILES string of the molecule is C1=CSC(C=Cc2ccccc2)S1. The van der Waals surface area contributed by atoms with Gasteiger partial charge in [0.15, 0.2) is 0 Å². The molecular formula is C11H10S2. The van der Waals surface area contributed by atoms with Crippen molar-refractivity contribution in [2.75, 3.05) is 0 Å². The van der Waals surface area contributed by atoms with Crippen molar-refractivity contribution in [2.45, 2.75) is 4.58 Å². The van der Waals surface area contributed by atoms with E-state index in [4.69, 9.17) is 0 Å². The molecule has 1 heterocycles. The highest BCUT2D eigenvalue weighted by Crippen LogP contribution is 2.34. The average molecular weight is 206 g/mol. The van der Waals surface area contributed by atoms with Crippen LogP contribution in [0.2, 0.25) is 0 Å². The first-order valence-corrected chi connectivity index (χ1v) is 6.03. The Morgan fingerprint density at radius 1 is 1.00 bits per heavy atom. The van der Waals surface area contributed by atoms with Crippen LogP contribution in [0.3, 0.4) is 0 Å². The van der Waals surface area contributed by atoms with Crippen LogP contribution >= 0.6 is 23.5 Å². The average Bonchev–Trinajstić information content (AvgIpc) is 2.69. The van der Waals surface area contributed by atoms with E-state index in [1.54, 1.807) is 0 Å². The lowest BCUT2D eigenvalue weighted by atomic mass is 10.2. The molecule has 1 aliphatic heterocycles. The molecule has 1 aromatic carbocycles. The molecule has 0 spiro atoms. The van der Waals surface area contributed by atoms with Crippen LogP contribution in [0.5, 0.6) is 0 Å². The highest BCUT2D eigenvalue weighted by molar-refractivity contribution is 8.22. The van der Waals surface area contributed by atoms with Crippen LogP contribution in [0, 0.1) is 0 Å². The third-order valence-corrected chi connectivity index (χ3v) is 4.00. The van der Waals surface area contributed by atoms with Gasteiger partial charge in [0.25, 0.3) is 0 Å². The first-order valence-electron chi connectivity index (χ1n) is 4.14. The maximum absolute atomic E-state index is 2.24. The topological polar surface area (TPSA) is 0 Å². The highest BCUT2D eigenvalue weighted by atomic mass is 32.2. The summed E-state index contributed by atoms with van der Waals surface area (Å²) in [5.41, 5.74) is 1.27. The monoisotopic (exact) mass is 206 g/mol. The maximum atomic E-state index is 2.24. The fraction of sp³-hybridized carbons (Fsp3) is 0.0909. The Morgan fingerprint density at radius 2 is 1.69 bits per heavy atom. The normalized spacial score (nSPS) is 17.2. The van der Waals surface area contributed by atoms with E-state index < -0.39 is 0 Å². The quantitative estimate of drug-likeness (QED) is 0.718. The van der Waals surface area contributed by atoms with E-state index in [9.17, 15) is 0 Å². The molecule has 1 aromatic rings. The molecule has 0 nitrogen and oxygen atoms in total. The highest BCUT2D eigenvalue weighted by Gasteiger charge is 2.06. The molecule has 0 saturated heterocycles. The lowest BCUT2D eigenvalue weighted by Gasteiger charge is -1.98. The minimum absolute atomic E-state index is 0.570. The van der Waals surface area contributed by atoms with Crippen LogP contribution in [0.4, 0.5) is 0 Å². The molecule has 66 valence electrons. The Kier molecular flexibility index (Phi) is 3.16. The number of hydrogen-bond donors (Lipinski definition) is 0. The summed E-state index contributed by atoms with van der Waals surface area (Å²) in [6.07, 6.45) is 4.42. The standard InChI is InChI=1S/C11H10S2/c1-2-4-10(5-3-1)6-7-11-12-8-9-13-11/h1-9,11H. The molecule has 1 aliphatic rings. The summed E-state index contributed by atoms with van der Waals surface area (Å²) in [5.74, 6) is 0. The van der Waals surface area contributed by atoms with Crippen molar-refractivity contribution in [3.8, 4) is 0 Å². The fourth-order valence-corrected chi connectivity index (χ4v) is 2.90. The van der Waals surface area contributed by atoms with Gasteiger partial charge in [0.2, 0.25) is 0 Å². The van der Waals surface area contributed by atoms with Gasteiger partial charge in [-0.15, -0.1) is 23.5 Å². The summed E-state index contributed by atoms with van der Waals surface area (Å²) in [7, 11) is 0. The molecule has 0 N–H and O–H groups in total. The van der Waals surface area contributed by atoms with Crippen LogP contribution in [0.15, 0.2) is 47.2 Å². The summed E-state index contributed by atoms with van der Waals surface area (Å²) >= 11 is 3.71. The largest absolute Gasteiger partial charge is 0.115 e. The van der Waals surface area contributed by atoms with E-state index >= 15 is 0 Å². The molecule has 0 atom stereocenters. The third kappa shape index (κ3) is 2.68. The molecular weight excluding hydrogens is 196 g/mol. The van der Waals surface area contributed by atoms with Crippen LogP contribution in [-0.2, 0) is 0 Å². The van der Waals surface area contributed by atoms with Crippen molar-refractivity contribution in [1.29, 1.82) is 0 Å². The minimum Gasteiger partial charge on any atom is -0.115 e. The molecule has 13 heavy (non-hydrogen) atoms. The van der Waals surface area contributed by atoms with Gasteiger partial charge in [0.1, 0.15) is 0 Å². The van der Waals surface area contributed by atoms with Gasteiger partial charge in [0.05, 0.1) is 4.58 Å². The second-order valence-electron chi connectivity index (χ2n) is 2.68. The zero-order valence-electron chi connectivity index (χ0n) is 7.09. The van der Waals surface area contributed by atoms with E-state index in [0.717, 1.165) is 0 Å². The number of benzene rings is 1. The summed E-state index contributed by atoms with van der Waals surface area (Å²) in [4.78, 5) is 0. The van der Waals surface area contributed by atoms with Gasteiger partial charge in [-0.2, -0.15) is 0 Å². The van der Waals surface area contributed by atoms with Crippen molar-refractivity contribution in [3.05, 3.63) is 52.8 Å². The Bertz CT molecular complexity index is 306. The van der Waals surface area contributed by atoms with Crippen LogP contribution in [0.25, 0.3) is 6.08 Å². The van der Waals surface area contributed by atoms with Crippen LogP contribution in [0.1, 0.15) is 5.56 Å². The zero-order valence-corrected chi connectivity index (χ0v) is 8.72. The van der Waals surface area contributed by atoms with Crippen molar-refractivity contribution in [2.24, 2.45) is 0 Å². The second kappa shape index (κ2) is 4.58. The molecule has 0 bridgehead atoms. The molecule has 0 amide bonds. The smallest absolute Gasteiger partial charge is 0.0768 e. The number of hydrogen-bond acceptors (Lipinski definition) is 2. The molecule has 0 aromatic heterocycles. The second-order valence-corrected chi connectivity index (χ2v) is 5.09. The number of thioether (sulfide) groups is 2. The lowest BCUT2D eigenvalue weighted by molar-refractivity contribution is 1.63. The van der Waals surface area contributed by atoms with E-state index in [-0.39, 0.29) is 0 Å². The van der Waals surface area contributed by atoms with E-state index in [2.05, 4.69) is 47.2 Å². The van der Waals surface area contributed by atoms with Gasteiger partial charge < -0.3 is 0 Å². The maximum Gasteiger partial charge on any atom is 0.0768 e. The van der Waals surface area contributed by atoms with Gasteiger partial charge in [-0.1, -0.05) is 42.5 Å². The summed E-state index contributed by atoms with van der Waals surface area (Å²) in [5, 5.41) is 4.29. The predicted octanol–water partition coefficient (Wildman–Crippen LogP) is 3.98. The van der Waals surface area contributed by atoms with Gasteiger partial charge in [-0.05, 0) is 16.4 Å². The first-order chi connectivity index (χ1) is 6.45. The Morgan fingerprint density at radius 3 is 2.38 bits per heavy atom. The van der Waals surface area contributed by atoms with E-state index in [1.165, 1.54) is 5.56 Å². The Balaban J connectivity index is 1.97. The van der Waals surface area contributed by atoms with Crippen molar-refractivity contribution in [1.82, 2.24) is 0 Å². The Hall–Kier alpha value is -0.600. The summed E-state index contributed by atoms with van der Waals surface area (Å²) in [6, 6.07) is 10.4. The number of rotatable bonds is 2. The van der Waals surface area contributed by atoms with Crippen LogP contribution < -0.4 is 0 Å². The molecule has 0 fully saturated rings. The van der Waals surface area contributed by atoms with Gasteiger partial charge >= 0.3 is 0 Å². The summed E-state index contributed by atoms with van der Waals surface area (Å²) < 4.78 is 0.570. The fourth-order valence-electron chi connectivity index (χ4n) is 1.10. The van der Waals surface area contributed by atoms with Gasteiger partial charge in [0, 0.05) is 0 Å². The molecule has 2 heteroatoms. The lowest BCUT2D eigenvalue weighted by Crippen LogP contribution is -1.82. The predicted molar refractivity (Wildman–Crippen MR) is 63.6 cm³/mol. The zero-order chi connectivity index (χ0) is 8.93. The Labute approximate surface area is 87.1 Å².